The Morgan fingerprint density at radius 2 is 2.05 bits per heavy atom. The van der Waals surface area contributed by atoms with Gasteiger partial charge in [-0.1, -0.05) is 25.0 Å². The highest BCUT2D eigenvalue weighted by Gasteiger charge is 2.32. The number of hydrogen-bond donors (Lipinski definition) is 1. The minimum Gasteiger partial charge on any atom is -0.322 e. The van der Waals surface area contributed by atoms with Gasteiger partial charge < -0.3 is 4.90 Å². The van der Waals surface area contributed by atoms with E-state index in [0.717, 1.165) is 18.9 Å². The molecule has 19 heavy (non-hydrogen) atoms. The monoisotopic (exact) mass is 276 g/mol. The number of carbonyl (C=O) groups excluding carboxylic acids is 1. The van der Waals surface area contributed by atoms with Gasteiger partial charge >= 0.3 is 0 Å². The molecule has 1 amide bonds. The van der Waals surface area contributed by atoms with Crippen molar-refractivity contribution >= 4 is 17.7 Å². The Bertz CT molecular complexity index is 456. The van der Waals surface area contributed by atoms with Crippen LogP contribution >= 0.6 is 11.8 Å². The molecule has 3 rings (SSSR count). The highest BCUT2D eigenvalue weighted by Crippen LogP contribution is 2.34. The third-order valence-corrected chi connectivity index (χ3v) is 4.73. The van der Waals surface area contributed by atoms with Crippen LogP contribution in [0.3, 0.4) is 0 Å². The maximum atomic E-state index is 12.0. The van der Waals surface area contributed by atoms with Gasteiger partial charge in [-0.2, -0.15) is 0 Å². The fourth-order valence-corrected chi connectivity index (χ4v) is 3.01. The summed E-state index contributed by atoms with van der Waals surface area (Å²) >= 11 is 1.74. The first-order chi connectivity index (χ1) is 9.28. The summed E-state index contributed by atoms with van der Waals surface area (Å²) in [5.41, 5.74) is 1.19. The van der Waals surface area contributed by atoms with Crippen LogP contribution in [-0.4, -0.2) is 30.2 Å². The van der Waals surface area contributed by atoms with Gasteiger partial charge in [-0.3, -0.25) is 10.1 Å². The average Bonchev–Trinajstić information content (AvgIpc) is 3.20. The zero-order valence-electron chi connectivity index (χ0n) is 11.3. The summed E-state index contributed by atoms with van der Waals surface area (Å²) in [7, 11) is 0. The van der Waals surface area contributed by atoms with Crippen LogP contribution in [0, 0.1) is 5.92 Å². The van der Waals surface area contributed by atoms with Crippen molar-refractivity contribution in [2.24, 2.45) is 5.92 Å². The highest BCUT2D eigenvalue weighted by atomic mass is 32.2. The van der Waals surface area contributed by atoms with E-state index < -0.39 is 0 Å². The predicted octanol–water partition coefficient (Wildman–Crippen LogP) is 2.64. The molecule has 2 fully saturated rings. The molecule has 1 heterocycles. The van der Waals surface area contributed by atoms with E-state index in [-0.39, 0.29) is 12.1 Å². The summed E-state index contributed by atoms with van der Waals surface area (Å²) < 4.78 is 0. The van der Waals surface area contributed by atoms with E-state index in [1.807, 2.05) is 4.90 Å². The van der Waals surface area contributed by atoms with E-state index in [1.165, 1.54) is 23.3 Å². The highest BCUT2D eigenvalue weighted by molar-refractivity contribution is 7.98. The van der Waals surface area contributed by atoms with Crippen molar-refractivity contribution in [2.45, 2.75) is 30.3 Å². The molecule has 1 atom stereocenters. The zero-order valence-corrected chi connectivity index (χ0v) is 12.1. The number of rotatable bonds is 5. The van der Waals surface area contributed by atoms with Gasteiger partial charge in [0.1, 0.15) is 6.17 Å². The Kier molecular flexibility index (Phi) is 3.80. The first-order valence-electron chi connectivity index (χ1n) is 6.95. The summed E-state index contributed by atoms with van der Waals surface area (Å²) in [6.07, 6.45) is 6.01. The zero-order chi connectivity index (χ0) is 13.2. The molecule has 102 valence electrons. The third-order valence-electron chi connectivity index (χ3n) is 3.99. The van der Waals surface area contributed by atoms with Gasteiger partial charge in [0.2, 0.25) is 5.91 Å². The van der Waals surface area contributed by atoms with Crippen molar-refractivity contribution in [3.05, 3.63) is 29.8 Å². The maximum Gasteiger partial charge on any atom is 0.238 e. The van der Waals surface area contributed by atoms with E-state index in [2.05, 4.69) is 35.8 Å². The van der Waals surface area contributed by atoms with E-state index in [9.17, 15) is 4.79 Å². The Balaban J connectivity index is 1.70. The summed E-state index contributed by atoms with van der Waals surface area (Å²) in [4.78, 5) is 15.2. The second-order valence-electron chi connectivity index (χ2n) is 5.38. The molecule has 1 N–H and O–H groups in total. The predicted molar refractivity (Wildman–Crippen MR) is 78.0 cm³/mol. The smallest absolute Gasteiger partial charge is 0.238 e. The minimum atomic E-state index is 0.0714. The van der Waals surface area contributed by atoms with Crippen LogP contribution in [0.4, 0.5) is 0 Å². The lowest BCUT2D eigenvalue weighted by molar-refractivity contribution is -0.128. The topological polar surface area (TPSA) is 32.3 Å². The van der Waals surface area contributed by atoms with Crippen molar-refractivity contribution in [3.8, 4) is 0 Å². The third kappa shape index (κ3) is 2.95. The molecule has 0 radical (unpaired) electrons. The number of nitrogens with zero attached hydrogens (tertiary/aromatic N) is 1. The molecule has 1 aromatic carbocycles. The molecule has 4 heteroatoms. The lowest BCUT2D eigenvalue weighted by Crippen LogP contribution is -2.31. The van der Waals surface area contributed by atoms with Gasteiger partial charge in [-0.25, -0.2) is 0 Å². The molecular weight excluding hydrogens is 256 g/mol. The van der Waals surface area contributed by atoms with Gasteiger partial charge in [0.05, 0.1) is 6.54 Å². The number of thioether (sulfide) groups is 1. The number of nitrogens with one attached hydrogen (secondary N) is 1. The van der Waals surface area contributed by atoms with Crippen LogP contribution in [-0.2, 0) is 4.79 Å². The first-order valence-corrected chi connectivity index (χ1v) is 8.17. The number of hydrogen-bond acceptors (Lipinski definition) is 3. The van der Waals surface area contributed by atoms with Crippen LogP contribution in [0.2, 0.25) is 0 Å². The van der Waals surface area contributed by atoms with Crippen LogP contribution in [0.15, 0.2) is 29.2 Å². The molecule has 0 aromatic heterocycles. The van der Waals surface area contributed by atoms with Crippen LogP contribution in [0.1, 0.15) is 31.0 Å². The molecule has 0 bridgehead atoms. The Hall–Kier alpha value is -1.00. The van der Waals surface area contributed by atoms with Crippen molar-refractivity contribution in [3.63, 3.8) is 0 Å². The van der Waals surface area contributed by atoms with Gasteiger partial charge in [0.25, 0.3) is 0 Å². The van der Waals surface area contributed by atoms with E-state index in [4.69, 9.17) is 0 Å². The molecular formula is C15H20N2OS. The molecule has 1 aromatic rings. The molecule has 1 saturated heterocycles. The first kappa shape index (κ1) is 13.0. The lowest BCUT2D eigenvalue weighted by Gasteiger charge is -2.24. The minimum absolute atomic E-state index is 0.0714. The number of carbonyl (C=O) groups is 1. The summed E-state index contributed by atoms with van der Waals surface area (Å²) in [6, 6.07) is 8.52. The van der Waals surface area contributed by atoms with Gasteiger partial charge in [0.15, 0.2) is 0 Å². The maximum absolute atomic E-state index is 12.0. The quantitative estimate of drug-likeness (QED) is 0.839. The van der Waals surface area contributed by atoms with Crippen molar-refractivity contribution in [2.75, 3.05) is 19.3 Å². The van der Waals surface area contributed by atoms with Crippen molar-refractivity contribution in [1.82, 2.24) is 10.2 Å². The van der Waals surface area contributed by atoms with Gasteiger partial charge in [0, 0.05) is 11.4 Å². The molecule has 1 aliphatic heterocycles. The van der Waals surface area contributed by atoms with E-state index in [1.54, 1.807) is 11.8 Å². The summed E-state index contributed by atoms with van der Waals surface area (Å²) in [6.45, 7) is 1.37. The van der Waals surface area contributed by atoms with Crippen molar-refractivity contribution < 1.29 is 4.79 Å². The molecule has 0 spiro atoms. The second-order valence-corrected chi connectivity index (χ2v) is 6.26. The lowest BCUT2D eigenvalue weighted by atomic mass is 10.1. The Morgan fingerprint density at radius 1 is 1.32 bits per heavy atom. The summed E-state index contributed by atoms with van der Waals surface area (Å²) in [5, 5.41) is 3.32. The van der Waals surface area contributed by atoms with E-state index in [0.29, 0.717) is 6.54 Å². The van der Waals surface area contributed by atoms with Gasteiger partial charge in [-0.05, 0) is 36.3 Å². The Labute approximate surface area is 118 Å². The average molecular weight is 276 g/mol. The Morgan fingerprint density at radius 3 is 2.68 bits per heavy atom. The van der Waals surface area contributed by atoms with Crippen LogP contribution < -0.4 is 5.32 Å². The van der Waals surface area contributed by atoms with Crippen molar-refractivity contribution in [1.29, 1.82) is 0 Å². The second kappa shape index (κ2) is 5.55. The standard InChI is InChI=1S/C15H20N2OS/c1-19-13-6-4-12(5-7-13)15-16-10-14(18)17(15)9-8-11-2-3-11/h4-7,11,15-16H,2-3,8-10H2,1H3. The normalized spacial score (nSPS) is 23.1. The summed E-state index contributed by atoms with van der Waals surface area (Å²) in [5.74, 6) is 1.10. The number of amides is 1. The molecule has 3 nitrogen and oxygen atoms in total. The molecule has 1 saturated carbocycles. The number of benzene rings is 1. The largest absolute Gasteiger partial charge is 0.322 e. The molecule has 2 aliphatic rings. The fourth-order valence-electron chi connectivity index (χ4n) is 2.61. The van der Waals surface area contributed by atoms with E-state index >= 15 is 0 Å². The molecule has 1 unspecified atom stereocenters. The van der Waals surface area contributed by atoms with Gasteiger partial charge in [-0.15, -0.1) is 11.8 Å². The SMILES string of the molecule is CSc1ccc(C2NCC(=O)N2CCC2CC2)cc1. The molecule has 1 aliphatic carbocycles. The van der Waals surface area contributed by atoms with Crippen LogP contribution in [0.25, 0.3) is 0 Å². The fraction of sp³-hybridized carbons (Fsp3) is 0.533. The van der Waals surface area contributed by atoms with Crippen LogP contribution in [0.5, 0.6) is 0 Å².